The standard InChI is InChI=1S/C50H33NO/c1-3-12-34(13-4-1)35-22-27-40(28-23-35)51(48-21-11-17-37-16-7-8-18-42(37)48)41-29-24-36(25-30-41)39-26-31-49-46(32-39)47-33-45(38-14-5-2-6-15-38)43-19-9-10-20-44(43)50(47)52-49/h1-33H. The second-order valence-corrected chi connectivity index (χ2v) is 13.3. The molecular formula is C50H33NO. The second kappa shape index (κ2) is 12.5. The van der Waals surface area contributed by atoms with E-state index >= 15 is 0 Å². The molecule has 52 heavy (non-hydrogen) atoms. The van der Waals surface area contributed by atoms with Gasteiger partial charge in [-0.1, -0.05) is 152 Å². The van der Waals surface area contributed by atoms with Gasteiger partial charge in [-0.25, -0.2) is 0 Å². The highest BCUT2D eigenvalue weighted by Gasteiger charge is 2.18. The van der Waals surface area contributed by atoms with Crippen molar-refractivity contribution in [1.82, 2.24) is 0 Å². The summed E-state index contributed by atoms with van der Waals surface area (Å²) in [5, 5.41) is 7.00. The molecule has 0 aliphatic heterocycles. The molecule has 10 rings (SSSR count). The third-order valence-corrected chi connectivity index (χ3v) is 10.3. The number of anilines is 3. The molecule has 0 amide bonds. The number of nitrogens with zero attached hydrogens (tertiary/aromatic N) is 1. The summed E-state index contributed by atoms with van der Waals surface area (Å²) in [5.41, 5.74) is 12.3. The highest BCUT2D eigenvalue weighted by atomic mass is 16.3. The lowest BCUT2D eigenvalue weighted by Gasteiger charge is -2.27. The Balaban J connectivity index is 1.08. The van der Waals surface area contributed by atoms with Crippen molar-refractivity contribution in [2.45, 2.75) is 0 Å². The summed E-state index contributed by atoms with van der Waals surface area (Å²) in [6.45, 7) is 0. The second-order valence-electron chi connectivity index (χ2n) is 13.3. The van der Waals surface area contributed by atoms with Gasteiger partial charge in [0, 0.05) is 32.9 Å². The molecule has 1 heterocycles. The van der Waals surface area contributed by atoms with Crippen molar-refractivity contribution in [3.8, 4) is 33.4 Å². The summed E-state index contributed by atoms with van der Waals surface area (Å²) < 4.78 is 6.56. The Morgan fingerprint density at radius 3 is 1.58 bits per heavy atom. The molecule has 0 aliphatic rings. The molecule has 0 fully saturated rings. The van der Waals surface area contributed by atoms with Gasteiger partial charge in [-0.15, -0.1) is 0 Å². The number of furan rings is 1. The summed E-state index contributed by atoms with van der Waals surface area (Å²) in [6, 6.07) is 71.6. The van der Waals surface area contributed by atoms with Gasteiger partial charge in [-0.3, -0.25) is 0 Å². The third-order valence-electron chi connectivity index (χ3n) is 10.3. The van der Waals surface area contributed by atoms with Crippen LogP contribution in [-0.2, 0) is 0 Å². The van der Waals surface area contributed by atoms with Crippen molar-refractivity contribution < 1.29 is 4.42 Å². The van der Waals surface area contributed by atoms with Crippen molar-refractivity contribution in [1.29, 1.82) is 0 Å². The number of rotatable bonds is 6. The Kier molecular flexibility index (Phi) is 7.18. The van der Waals surface area contributed by atoms with Gasteiger partial charge in [0.15, 0.2) is 0 Å². The number of hydrogen-bond donors (Lipinski definition) is 0. The average molecular weight is 664 g/mol. The topological polar surface area (TPSA) is 16.4 Å². The minimum Gasteiger partial charge on any atom is -0.455 e. The average Bonchev–Trinajstić information content (AvgIpc) is 3.60. The zero-order valence-corrected chi connectivity index (χ0v) is 28.4. The Labute approximate surface area is 302 Å². The van der Waals surface area contributed by atoms with Gasteiger partial charge in [-0.05, 0) is 92.7 Å². The molecule has 1 aromatic heterocycles. The molecule has 10 aromatic rings. The van der Waals surface area contributed by atoms with E-state index in [2.05, 4.69) is 205 Å². The zero-order chi connectivity index (χ0) is 34.4. The van der Waals surface area contributed by atoms with Crippen LogP contribution in [0.3, 0.4) is 0 Å². The van der Waals surface area contributed by atoms with E-state index in [0.29, 0.717) is 0 Å². The van der Waals surface area contributed by atoms with E-state index in [4.69, 9.17) is 4.42 Å². The smallest absolute Gasteiger partial charge is 0.143 e. The molecule has 244 valence electrons. The first-order chi connectivity index (χ1) is 25.8. The molecule has 0 bridgehead atoms. The third kappa shape index (κ3) is 5.12. The van der Waals surface area contributed by atoms with Crippen LogP contribution < -0.4 is 4.90 Å². The lowest BCUT2D eigenvalue weighted by molar-refractivity contribution is 0.673. The molecule has 0 unspecified atom stereocenters. The Morgan fingerprint density at radius 1 is 0.327 bits per heavy atom. The van der Waals surface area contributed by atoms with Crippen LogP contribution in [0.5, 0.6) is 0 Å². The van der Waals surface area contributed by atoms with Gasteiger partial charge in [0.05, 0.1) is 5.69 Å². The van der Waals surface area contributed by atoms with Gasteiger partial charge in [-0.2, -0.15) is 0 Å². The zero-order valence-electron chi connectivity index (χ0n) is 28.4. The molecule has 2 heteroatoms. The lowest BCUT2D eigenvalue weighted by Crippen LogP contribution is -2.10. The Hall–Kier alpha value is -6.90. The van der Waals surface area contributed by atoms with E-state index in [-0.39, 0.29) is 0 Å². The van der Waals surface area contributed by atoms with E-state index in [1.165, 1.54) is 38.4 Å². The highest BCUT2D eigenvalue weighted by molar-refractivity contribution is 6.19. The minimum absolute atomic E-state index is 0.895. The van der Waals surface area contributed by atoms with E-state index < -0.39 is 0 Å². The normalized spacial score (nSPS) is 11.5. The molecule has 0 radical (unpaired) electrons. The monoisotopic (exact) mass is 663 g/mol. The summed E-state index contributed by atoms with van der Waals surface area (Å²) in [4.78, 5) is 2.36. The van der Waals surface area contributed by atoms with E-state index in [1.54, 1.807) is 0 Å². The van der Waals surface area contributed by atoms with E-state index in [1.807, 2.05) is 0 Å². The van der Waals surface area contributed by atoms with Crippen molar-refractivity contribution >= 4 is 60.5 Å². The fourth-order valence-corrected chi connectivity index (χ4v) is 7.70. The number of hydrogen-bond acceptors (Lipinski definition) is 2. The van der Waals surface area contributed by atoms with Crippen molar-refractivity contribution in [3.63, 3.8) is 0 Å². The molecule has 0 atom stereocenters. The SMILES string of the molecule is c1ccc(-c2ccc(N(c3ccc(-c4ccc5oc6c7ccccc7c(-c7ccccc7)cc6c5c4)cc3)c3cccc4ccccc34)cc2)cc1. The summed E-state index contributed by atoms with van der Waals surface area (Å²) in [6.07, 6.45) is 0. The largest absolute Gasteiger partial charge is 0.455 e. The maximum atomic E-state index is 6.56. The van der Waals surface area contributed by atoms with Crippen LogP contribution in [0.4, 0.5) is 17.1 Å². The number of benzene rings is 9. The predicted octanol–water partition coefficient (Wildman–Crippen LogP) is 14.4. The Morgan fingerprint density at radius 2 is 0.865 bits per heavy atom. The van der Waals surface area contributed by atoms with Gasteiger partial charge in [0.25, 0.3) is 0 Å². The van der Waals surface area contributed by atoms with Gasteiger partial charge >= 0.3 is 0 Å². The lowest BCUT2D eigenvalue weighted by atomic mass is 9.95. The summed E-state index contributed by atoms with van der Waals surface area (Å²) >= 11 is 0. The first-order valence-electron chi connectivity index (χ1n) is 17.8. The van der Waals surface area contributed by atoms with Crippen LogP contribution in [0.1, 0.15) is 0 Å². The first-order valence-corrected chi connectivity index (χ1v) is 17.8. The quantitative estimate of drug-likeness (QED) is 0.176. The predicted molar refractivity (Wildman–Crippen MR) is 220 cm³/mol. The maximum Gasteiger partial charge on any atom is 0.143 e. The van der Waals surface area contributed by atoms with Gasteiger partial charge < -0.3 is 9.32 Å². The molecule has 0 N–H and O–H groups in total. The first kappa shape index (κ1) is 30.0. The van der Waals surface area contributed by atoms with Crippen molar-refractivity contribution in [2.75, 3.05) is 4.90 Å². The van der Waals surface area contributed by atoms with Crippen LogP contribution in [0.15, 0.2) is 205 Å². The molecule has 0 aliphatic carbocycles. The fourth-order valence-electron chi connectivity index (χ4n) is 7.70. The number of fused-ring (bicyclic) bond motifs is 6. The van der Waals surface area contributed by atoms with E-state index in [0.717, 1.165) is 55.5 Å². The van der Waals surface area contributed by atoms with Crippen molar-refractivity contribution in [3.05, 3.63) is 200 Å². The van der Waals surface area contributed by atoms with Crippen LogP contribution in [0.2, 0.25) is 0 Å². The van der Waals surface area contributed by atoms with E-state index in [9.17, 15) is 0 Å². The minimum atomic E-state index is 0.895. The molecular weight excluding hydrogens is 631 g/mol. The summed E-state index contributed by atoms with van der Waals surface area (Å²) in [7, 11) is 0. The molecule has 0 spiro atoms. The molecule has 0 saturated heterocycles. The molecule has 2 nitrogen and oxygen atoms in total. The molecule has 9 aromatic carbocycles. The maximum absolute atomic E-state index is 6.56. The van der Waals surface area contributed by atoms with Crippen LogP contribution in [-0.4, -0.2) is 0 Å². The molecule has 0 saturated carbocycles. The van der Waals surface area contributed by atoms with Gasteiger partial charge in [0.2, 0.25) is 0 Å². The van der Waals surface area contributed by atoms with Gasteiger partial charge in [0.1, 0.15) is 11.2 Å². The van der Waals surface area contributed by atoms with Crippen molar-refractivity contribution in [2.24, 2.45) is 0 Å². The Bertz CT molecular complexity index is 2870. The van der Waals surface area contributed by atoms with Crippen LogP contribution >= 0.6 is 0 Å². The van der Waals surface area contributed by atoms with Crippen LogP contribution in [0.25, 0.3) is 76.9 Å². The fraction of sp³-hybridized carbons (Fsp3) is 0. The highest BCUT2D eigenvalue weighted by Crippen LogP contribution is 2.43. The summed E-state index contributed by atoms with van der Waals surface area (Å²) in [5.74, 6) is 0. The van der Waals surface area contributed by atoms with Crippen LogP contribution in [0, 0.1) is 0 Å².